The normalized spacial score (nSPS) is 30.9. The minimum atomic E-state index is -2.78. The zero-order chi connectivity index (χ0) is 45.3. The summed E-state index contributed by atoms with van der Waals surface area (Å²) in [4.78, 5) is 78.9. The Bertz CT molecular complexity index is 1570. The number of hydrogen-bond acceptors (Lipinski definition) is 8. The lowest BCUT2D eigenvalue weighted by Crippen LogP contribution is -2.57. The van der Waals surface area contributed by atoms with Gasteiger partial charge >= 0.3 is 18.2 Å². The monoisotopic (exact) mass is 858 g/mol. The molecule has 0 spiro atoms. The number of carbonyl (C=O) groups is 6. The smallest absolute Gasteiger partial charge is 0.408 e. The number of nitrogens with zero attached hydrogens (tertiary/aromatic N) is 2. The number of halogens is 4. The molecular formula is C43H66F4N4O9. The summed E-state index contributed by atoms with van der Waals surface area (Å²) in [6, 6.07) is -3.55. The number of alkyl halides is 4. The van der Waals surface area contributed by atoms with Crippen LogP contribution in [0.4, 0.5) is 27.2 Å². The molecule has 0 aromatic heterocycles. The number of amides is 4. The molecule has 6 rings (SSSR count). The van der Waals surface area contributed by atoms with Crippen LogP contribution < -0.4 is 10.6 Å². The maximum absolute atomic E-state index is 13.7. The number of nitrogens with one attached hydrogen (secondary N) is 2. The number of Topliss-reactive ketones (excluding diaryl/α,β-unsaturated/α-hetero) is 1. The predicted octanol–water partition coefficient (Wildman–Crippen LogP) is 7.05. The zero-order valence-corrected chi connectivity index (χ0v) is 37.0. The number of hydrogen-bond donors (Lipinski definition) is 3. The van der Waals surface area contributed by atoms with Crippen molar-refractivity contribution in [2.45, 2.75) is 175 Å². The van der Waals surface area contributed by atoms with Gasteiger partial charge in [-0.2, -0.15) is 0 Å². The molecule has 2 saturated heterocycles. The van der Waals surface area contributed by atoms with E-state index in [-0.39, 0.29) is 97.6 Å². The molecule has 13 nitrogen and oxygen atoms in total. The molecule has 6 aliphatic rings. The average Bonchev–Trinajstić information content (AvgIpc) is 3.55. The van der Waals surface area contributed by atoms with E-state index in [1.807, 2.05) is 13.8 Å². The van der Waals surface area contributed by atoms with Gasteiger partial charge in [-0.15, -0.1) is 0 Å². The fraction of sp³-hybridized carbons (Fsp3) is 0.860. The van der Waals surface area contributed by atoms with Gasteiger partial charge in [0, 0.05) is 44.7 Å². The third-order valence-corrected chi connectivity index (χ3v) is 14.0. The Balaban J connectivity index is 0.000000228. The number of fused-ring (bicyclic) bond motifs is 2. The number of piperidine rings is 2. The number of ether oxygens (including phenoxy) is 2. The second kappa shape index (κ2) is 16.2. The number of alkyl carbamates (subject to hydrolysis) is 2. The molecule has 4 amide bonds. The molecule has 2 unspecified atom stereocenters. The lowest BCUT2D eigenvalue weighted by Gasteiger charge is -2.38. The Morgan fingerprint density at radius 2 is 0.933 bits per heavy atom. The first-order chi connectivity index (χ1) is 27.3. The van der Waals surface area contributed by atoms with Gasteiger partial charge in [-0.1, -0.05) is 27.7 Å². The van der Waals surface area contributed by atoms with Gasteiger partial charge in [0.25, 0.3) is 0 Å². The molecule has 4 aliphatic carbocycles. The lowest BCUT2D eigenvalue weighted by molar-refractivity contribution is -0.152. The van der Waals surface area contributed by atoms with Crippen molar-refractivity contribution in [3.63, 3.8) is 0 Å². The van der Waals surface area contributed by atoms with Gasteiger partial charge in [0.05, 0.1) is 6.04 Å². The Hall–Kier alpha value is -3.66. The maximum Gasteiger partial charge on any atom is 0.408 e. The summed E-state index contributed by atoms with van der Waals surface area (Å²) < 4.78 is 65.3. The number of ketones is 1. The highest BCUT2D eigenvalue weighted by Crippen LogP contribution is 2.66. The summed E-state index contributed by atoms with van der Waals surface area (Å²) >= 11 is 0. The van der Waals surface area contributed by atoms with E-state index in [2.05, 4.69) is 24.5 Å². The highest BCUT2D eigenvalue weighted by molar-refractivity contribution is 5.93. The van der Waals surface area contributed by atoms with E-state index in [0.717, 1.165) is 0 Å². The highest BCUT2D eigenvalue weighted by atomic mass is 19.3. The van der Waals surface area contributed by atoms with Crippen LogP contribution in [0, 0.1) is 46.3 Å². The summed E-state index contributed by atoms with van der Waals surface area (Å²) in [6.07, 6.45) is -2.50. The van der Waals surface area contributed by atoms with Crippen LogP contribution in [0.15, 0.2) is 0 Å². The topological polar surface area (TPSA) is 172 Å². The first-order valence-electron chi connectivity index (χ1n) is 21.4. The van der Waals surface area contributed by atoms with Gasteiger partial charge < -0.3 is 35.0 Å². The zero-order valence-electron chi connectivity index (χ0n) is 37.0. The summed E-state index contributed by atoms with van der Waals surface area (Å²) in [6.45, 7) is 20.6. The van der Waals surface area contributed by atoms with Crippen molar-refractivity contribution in [1.82, 2.24) is 20.4 Å². The second-order valence-electron chi connectivity index (χ2n) is 21.4. The van der Waals surface area contributed by atoms with E-state index in [0.29, 0.717) is 13.1 Å². The number of aliphatic carboxylic acids is 1. The predicted molar refractivity (Wildman–Crippen MR) is 211 cm³/mol. The minimum absolute atomic E-state index is 0.00804. The van der Waals surface area contributed by atoms with Crippen molar-refractivity contribution in [3.8, 4) is 0 Å². The van der Waals surface area contributed by atoms with E-state index in [1.165, 1.54) is 11.8 Å². The molecule has 3 N–H and O–H groups in total. The quantitative estimate of drug-likeness (QED) is 0.217. The molecule has 17 heteroatoms. The highest BCUT2D eigenvalue weighted by Gasteiger charge is 2.70. The molecule has 0 aromatic rings. The molecular weight excluding hydrogens is 792 g/mol. The average molecular weight is 859 g/mol. The Morgan fingerprint density at radius 1 is 0.617 bits per heavy atom. The molecule has 60 heavy (non-hydrogen) atoms. The third-order valence-electron chi connectivity index (χ3n) is 14.0. The van der Waals surface area contributed by atoms with Crippen LogP contribution in [0.2, 0.25) is 0 Å². The van der Waals surface area contributed by atoms with E-state index in [4.69, 9.17) is 9.47 Å². The first-order valence-corrected chi connectivity index (χ1v) is 21.4. The largest absolute Gasteiger partial charge is 0.480 e. The molecule has 6 fully saturated rings. The fourth-order valence-electron chi connectivity index (χ4n) is 10.6. The van der Waals surface area contributed by atoms with Crippen LogP contribution in [-0.2, 0) is 28.7 Å². The molecule has 340 valence electrons. The van der Waals surface area contributed by atoms with Crippen molar-refractivity contribution < 1.29 is 60.9 Å². The summed E-state index contributed by atoms with van der Waals surface area (Å²) in [7, 11) is 0. The minimum Gasteiger partial charge on any atom is -0.480 e. The van der Waals surface area contributed by atoms with Crippen molar-refractivity contribution in [2.75, 3.05) is 13.1 Å². The van der Waals surface area contributed by atoms with Gasteiger partial charge in [-0.05, 0) is 115 Å². The molecule has 2 aliphatic heterocycles. The van der Waals surface area contributed by atoms with Crippen molar-refractivity contribution in [1.29, 1.82) is 0 Å². The van der Waals surface area contributed by atoms with E-state index in [1.54, 1.807) is 46.4 Å². The van der Waals surface area contributed by atoms with Gasteiger partial charge in [0.1, 0.15) is 29.3 Å². The van der Waals surface area contributed by atoms with E-state index < -0.39 is 83.1 Å². The summed E-state index contributed by atoms with van der Waals surface area (Å²) in [5, 5.41) is 15.0. The lowest BCUT2D eigenvalue weighted by atomic mass is 9.81. The standard InChI is InChI=1S/C22H34F2N2O4.C21H32F2N2O5/c1-12(27)17-15-14(21(15,5)6)11-26(17)18(28)16(25-19(29)30-20(2,3)4)13-7-9-22(23,24)10-8-13;1-19(2,3)30-18(29)24-14(11-6-8-21(22,23)9-7-11)16(26)25-10-12-13(20(12,4)5)15(25)17(27)28/h13-17H,7-11H2,1-6H3,(H,25,29);11-15H,6-10H2,1-5H3,(H,24,29)(H,27,28)/t14-,15-,16?,17+;12-,13-,14?,15-/m00/s1. The molecule has 8 atom stereocenters. The van der Waals surface area contributed by atoms with Crippen molar-refractivity contribution in [2.24, 2.45) is 46.3 Å². The third kappa shape index (κ3) is 10.3. The molecule has 4 saturated carbocycles. The Kier molecular flexibility index (Phi) is 12.8. The van der Waals surface area contributed by atoms with Crippen LogP contribution in [-0.4, -0.2) is 111 Å². The van der Waals surface area contributed by atoms with Crippen LogP contribution in [0.25, 0.3) is 0 Å². The SMILES string of the molecule is CC(=O)[C@@H]1[C@@H]2[C@H](CN1C(=O)C(NC(=O)OC(C)(C)C)C1CCC(F)(F)CC1)C2(C)C.CC(C)(C)OC(=O)NC(C(=O)N1C[C@H]2[C@@H]([C@H]1C(=O)O)C2(C)C)C1CCC(F)(F)CC1. The van der Waals surface area contributed by atoms with Crippen LogP contribution >= 0.6 is 0 Å². The fourth-order valence-corrected chi connectivity index (χ4v) is 10.6. The molecule has 2 heterocycles. The van der Waals surface area contributed by atoms with Gasteiger partial charge in [0.2, 0.25) is 23.7 Å². The number of carboxylic acids is 1. The van der Waals surface area contributed by atoms with Crippen molar-refractivity contribution in [3.05, 3.63) is 0 Å². The summed E-state index contributed by atoms with van der Waals surface area (Å²) in [5.74, 6) is -8.17. The summed E-state index contributed by atoms with van der Waals surface area (Å²) in [5.41, 5.74) is -1.69. The number of carboxylic acid groups (broad SMARTS) is 1. The van der Waals surface area contributed by atoms with Crippen LogP contribution in [0.3, 0.4) is 0 Å². The molecule has 0 aromatic carbocycles. The molecule has 0 radical (unpaired) electrons. The maximum atomic E-state index is 13.7. The number of likely N-dealkylation sites (tertiary alicyclic amines) is 2. The Labute approximate surface area is 350 Å². The van der Waals surface area contributed by atoms with Gasteiger partial charge in [0.15, 0.2) is 5.78 Å². The van der Waals surface area contributed by atoms with Crippen molar-refractivity contribution >= 4 is 35.8 Å². The number of carbonyl (C=O) groups excluding carboxylic acids is 5. The van der Waals surface area contributed by atoms with E-state index in [9.17, 15) is 51.4 Å². The van der Waals surface area contributed by atoms with Gasteiger partial charge in [-0.3, -0.25) is 14.4 Å². The van der Waals surface area contributed by atoms with Crippen LogP contribution in [0.5, 0.6) is 0 Å². The Morgan fingerprint density at radius 3 is 1.23 bits per heavy atom. The first kappa shape index (κ1) is 47.4. The second-order valence-corrected chi connectivity index (χ2v) is 21.4. The molecule has 0 bridgehead atoms. The van der Waals surface area contributed by atoms with Gasteiger partial charge in [-0.25, -0.2) is 31.9 Å². The number of rotatable bonds is 8. The van der Waals surface area contributed by atoms with Crippen LogP contribution in [0.1, 0.15) is 128 Å². The van der Waals surface area contributed by atoms with E-state index >= 15 is 0 Å².